The number of carbonyl (C=O) groups excluding carboxylic acids is 1. The predicted octanol–water partition coefficient (Wildman–Crippen LogP) is 3.29. The largest absolute Gasteiger partial charge is 0.465 e. The van der Waals surface area contributed by atoms with Crippen LogP contribution in [0.4, 0.5) is 0 Å². The van der Waals surface area contributed by atoms with Gasteiger partial charge in [0.15, 0.2) is 0 Å². The summed E-state index contributed by atoms with van der Waals surface area (Å²) >= 11 is 0. The van der Waals surface area contributed by atoms with Gasteiger partial charge >= 0.3 is 5.97 Å². The van der Waals surface area contributed by atoms with Crippen LogP contribution in [0.25, 0.3) is 0 Å². The number of nitrogens with one attached hydrogen (secondary N) is 1. The highest BCUT2D eigenvalue weighted by Crippen LogP contribution is 2.14. The van der Waals surface area contributed by atoms with Gasteiger partial charge in [-0.25, -0.2) is 0 Å². The molecule has 4 nitrogen and oxygen atoms in total. The first-order valence-corrected chi connectivity index (χ1v) is 7.97. The van der Waals surface area contributed by atoms with E-state index in [4.69, 9.17) is 9.47 Å². The Labute approximate surface area is 124 Å². The third kappa shape index (κ3) is 7.85. The van der Waals surface area contributed by atoms with E-state index in [1.807, 2.05) is 13.8 Å². The van der Waals surface area contributed by atoms with Gasteiger partial charge in [0.25, 0.3) is 0 Å². The minimum Gasteiger partial charge on any atom is -0.465 e. The van der Waals surface area contributed by atoms with Crippen LogP contribution in [0.5, 0.6) is 0 Å². The average Bonchev–Trinajstić information content (AvgIpc) is 2.43. The van der Waals surface area contributed by atoms with E-state index >= 15 is 0 Å². The normalized spacial score (nSPS) is 15.7. The van der Waals surface area contributed by atoms with Crippen LogP contribution in [0.2, 0.25) is 0 Å². The molecule has 1 N–H and O–H groups in total. The zero-order valence-corrected chi connectivity index (χ0v) is 14.0. The Bertz CT molecular complexity index is 258. The fourth-order valence-corrected chi connectivity index (χ4v) is 2.03. The third-order valence-corrected chi connectivity index (χ3v) is 3.75. The Morgan fingerprint density at radius 2 is 1.95 bits per heavy atom. The molecule has 0 aromatic carbocycles. The first-order chi connectivity index (χ1) is 9.50. The van der Waals surface area contributed by atoms with E-state index in [1.165, 1.54) is 25.7 Å². The lowest BCUT2D eigenvalue weighted by molar-refractivity contribution is -0.151. The van der Waals surface area contributed by atoms with Crippen LogP contribution in [0.1, 0.15) is 66.2 Å². The average molecular weight is 287 g/mol. The summed E-state index contributed by atoms with van der Waals surface area (Å²) in [7, 11) is 1.78. The number of rotatable bonds is 12. The molecular weight excluding hydrogens is 254 g/mol. The standard InChI is InChI=1S/C16H33NO3/c1-6-8-9-10-11-14(3)20-13-12-16(4,17-5)15(18)19-7-2/h14,17H,6-13H2,1-5H3. The summed E-state index contributed by atoms with van der Waals surface area (Å²) in [5.41, 5.74) is -0.655. The van der Waals surface area contributed by atoms with Crippen LogP contribution in [0, 0.1) is 0 Å². The minimum absolute atomic E-state index is 0.207. The van der Waals surface area contributed by atoms with Crippen molar-refractivity contribution in [3.05, 3.63) is 0 Å². The zero-order chi connectivity index (χ0) is 15.4. The Kier molecular flexibility index (Phi) is 10.8. The fourth-order valence-electron chi connectivity index (χ4n) is 2.03. The van der Waals surface area contributed by atoms with Crippen molar-refractivity contribution in [3.8, 4) is 0 Å². The van der Waals surface area contributed by atoms with E-state index < -0.39 is 5.54 Å². The zero-order valence-electron chi connectivity index (χ0n) is 14.0. The summed E-state index contributed by atoms with van der Waals surface area (Å²) < 4.78 is 10.9. The molecule has 2 atom stereocenters. The SMILES string of the molecule is CCCCCCC(C)OCCC(C)(NC)C(=O)OCC. The summed E-state index contributed by atoms with van der Waals surface area (Å²) in [5, 5.41) is 3.04. The molecule has 0 spiro atoms. The van der Waals surface area contributed by atoms with Gasteiger partial charge in [-0.3, -0.25) is 4.79 Å². The Morgan fingerprint density at radius 1 is 1.25 bits per heavy atom. The van der Waals surface area contributed by atoms with E-state index in [2.05, 4.69) is 19.2 Å². The number of carbonyl (C=O) groups is 1. The van der Waals surface area contributed by atoms with E-state index in [0.29, 0.717) is 19.6 Å². The van der Waals surface area contributed by atoms with Crippen LogP contribution in [-0.2, 0) is 14.3 Å². The van der Waals surface area contributed by atoms with Gasteiger partial charge in [0, 0.05) is 6.61 Å². The molecular formula is C16H33NO3. The summed E-state index contributed by atoms with van der Waals surface area (Å²) in [6, 6.07) is 0. The van der Waals surface area contributed by atoms with E-state index in [0.717, 1.165) is 6.42 Å². The molecule has 0 aromatic heterocycles. The van der Waals surface area contributed by atoms with Crippen molar-refractivity contribution in [3.63, 3.8) is 0 Å². The van der Waals surface area contributed by atoms with E-state index in [1.54, 1.807) is 7.05 Å². The smallest absolute Gasteiger partial charge is 0.326 e. The van der Waals surface area contributed by atoms with Gasteiger partial charge in [0.05, 0.1) is 12.7 Å². The minimum atomic E-state index is -0.655. The maximum absolute atomic E-state index is 11.9. The van der Waals surface area contributed by atoms with Crippen LogP contribution in [-0.4, -0.2) is 37.9 Å². The molecule has 0 aliphatic rings. The quantitative estimate of drug-likeness (QED) is 0.442. The first kappa shape index (κ1) is 19.4. The highest BCUT2D eigenvalue weighted by Gasteiger charge is 2.32. The highest BCUT2D eigenvalue weighted by atomic mass is 16.5. The van der Waals surface area contributed by atoms with Crippen molar-refractivity contribution in [1.29, 1.82) is 0 Å². The van der Waals surface area contributed by atoms with Crippen LogP contribution in [0.3, 0.4) is 0 Å². The fraction of sp³-hybridized carbons (Fsp3) is 0.938. The molecule has 20 heavy (non-hydrogen) atoms. The van der Waals surface area contributed by atoms with Crippen LogP contribution in [0.15, 0.2) is 0 Å². The van der Waals surface area contributed by atoms with Gasteiger partial charge in [-0.1, -0.05) is 32.6 Å². The second-order valence-electron chi connectivity index (χ2n) is 5.58. The molecule has 4 heteroatoms. The second kappa shape index (κ2) is 11.1. The molecule has 0 heterocycles. The summed E-state index contributed by atoms with van der Waals surface area (Å²) in [6.07, 6.45) is 7.03. The van der Waals surface area contributed by atoms with Crippen molar-refractivity contribution in [2.45, 2.75) is 77.9 Å². The van der Waals surface area contributed by atoms with E-state index in [9.17, 15) is 4.79 Å². The molecule has 0 saturated carbocycles. The number of esters is 1. The van der Waals surface area contributed by atoms with Gasteiger partial charge in [-0.15, -0.1) is 0 Å². The lowest BCUT2D eigenvalue weighted by atomic mass is 9.99. The monoisotopic (exact) mass is 287 g/mol. The number of likely N-dealkylation sites (N-methyl/N-ethyl adjacent to an activating group) is 1. The number of unbranched alkanes of at least 4 members (excludes halogenated alkanes) is 3. The van der Waals surface area contributed by atoms with Crippen molar-refractivity contribution < 1.29 is 14.3 Å². The van der Waals surface area contributed by atoms with Crippen LogP contribution >= 0.6 is 0 Å². The number of hydrogen-bond acceptors (Lipinski definition) is 4. The van der Waals surface area contributed by atoms with Crippen molar-refractivity contribution in [2.75, 3.05) is 20.3 Å². The molecule has 0 radical (unpaired) electrons. The van der Waals surface area contributed by atoms with E-state index in [-0.39, 0.29) is 12.1 Å². The lowest BCUT2D eigenvalue weighted by Crippen LogP contribution is -2.49. The summed E-state index contributed by atoms with van der Waals surface area (Å²) in [4.78, 5) is 11.9. The molecule has 0 bridgehead atoms. The molecule has 120 valence electrons. The van der Waals surface area contributed by atoms with Gasteiger partial charge in [-0.2, -0.15) is 0 Å². The maximum atomic E-state index is 11.9. The van der Waals surface area contributed by atoms with Gasteiger partial charge in [-0.05, 0) is 40.7 Å². The molecule has 2 unspecified atom stereocenters. The molecule has 0 fully saturated rings. The topological polar surface area (TPSA) is 47.6 Å². The van der Waals surface area contributed by atoms with Crippen molar-refractivity contribution in [1.82, 2.24) is 5.32 Å². The van der Waals surface area contributed by atoms with Gasteiger partial charge in [0.1, 0.15) is 5.54 Å². The Hall–Kier alpha value is -0.610. The molecule has 0 rings (SSSR count). The number of hydrogen-bond donors (Lipinski definition) is 1. The molecule has 0 amide bonds. The first-order valence-electron chi connectivity index (χ1n) is 7.97. The molecule has 0 aromatic rings. The molecule has 0 saturated heterocycles. The van der Waals surface area contributed by atoms with Crippen molar-refractivity contribution in [2.24, 2.45) is 0 Å². The third-order valence-electron chi connectivity index (χ3n) is 3.75. The second-order valence-corrected chi connectivity index (χ2v) is 5.58. The van der Waals surface area contributed by atoms with Crippen LogP contribution < -0.4 is 5.32 Å². The van der Waals surface area contributed by atoms with Gasteiger partial charge in [0.2, 0.25) is 0 Å². The van der Waals surface area contributed by atoms with Gasteiger partial charge < -0.3 is 14.8 Å². The highest BCUT2D eigenvalue weighted by molar-refractivity contribution is 5.80. The predicted molar refractivity (Wildman–Crippen MR) is 82.9 cm³/mol. The number of ether oxygens (including phenoxy) is 2. The molecule has 0 aliphatic heterocycles. The maximum Gasteiger partial charge on any atom is 0.326 e. The Morgan fingerprint density at radius 3 is 2.50 bits per heavy atom. The summed E-state index contributed by atoms with van der Waals surface area (Å²) in [5.74, 6) is -0.207. The molecule has 0 aliphatic carbocycles. The summed E-state index contributed by atoms with van der Waals surface area (Å²) in [6.45, 7) is 8.99. The Balaban J connectivity index is 3.91. The lowest BCUT2D eigenvalue weighted by Gasteiger charge is -2.27. The van der Waals surface area contributed by atoms with Crippen molar-refractivity contribution >= 4 is 5.97 Å².